The highest BCUT2D eigenvalue weighted by Gasteiger charge is 2.44. The molecule has 200 valence electrons. The van der Waals surface area contributed by atoms with E-state index in [2.05, 4.69) is 20.9 Å². The third kappa shape index (κ3) is 8.15. The van der Waals surface area contributed by atoms with E-state index in [0.717, 1.165) is 5.56 Å². The number of carbonyl (C=O) groups excluding carboxylic acids is 4. The average molecular weight is 533 g/mol. The van der Waals surface area contributed by atoms with Gasteiger partial charge in [-0.15, -0.1) is 11.3 Å². The van der Waals surface area contributed by atoms with Crippen LogP contribution >= 0.6 is 11.3 Å². The SMILES string of the molecule is COCC(NC(=O)c1cnc(C)s1)C(=O)NC(COC)C(=O)NC(Cc1ccccc1)C(=O)C1O[C@@H]1C. The van der Waals surface area contributed by atoms with Crippen molar-refractivity contribution in [1.29, 1.82) is 0 Å². The van der Waals surface area contributed by atoms with Gasteiger partial charge in [0.2, 0.25) is 11.8 Å². The second kappa shape index (κ2) is 13.4. The van der Waals surface area contributed by atoms with Crippen molar-refractivity contribution < 1.29 is 33.4 Å². The van der Waals surface area contributed by atoms with Crippen molar-refractivity contribution in [3.63, 3.8) is 0 Å². The fourth-order valence-corrected chi connectivity index (χ4v) is 4.38. The van der Waals surface area contributed by atoms with Crippen molar-refractivity contribution in [1.82, 2.24) is 20.9 Å². The van der Waals surface area contributed by atoms with E-state index in [4.69, 9.17) is 14.2 Å². The second-order valence-electron chi connectivity index (χ2n) is 8.66. The number of rotatable bonds is 14. The lowest BCUT2D eigenvalue weighted by molar-refractivity contribution is -0.133. The van der Waals surface area contributed by atoms with Crippen molar-refractivity contribution in [3.05, 3.63) is 52.0 Å². The topological polar surface area (TPSA) is 148 Å². The van der Waals surface area contributed by atoms with E-state index in [1.165, 1.54) is 31.8 Å². The average Bonchev–Trinajstić information content (AvgIpc) is 3.45. The van der Waals surface area contributed by atoms with E-state index in [0.29, 0.717) is 9.88 Å². The van der Waals surface area contributed by atoms with Gasteiger partial charge in [0.15, 0.2) is 5.78 Å². The minimum Gasteiger partial charge on any atom is -0.382 e. The van der Waals surface area contributed by atoms with Gasteiger partial charge in [0, 0.05) is 14.2 Å². The lowest BCUT2D eigenvalue weighted by Crippen LogP contribution is -2.58. The van der Waals surface area contributed by atoms with E-state index in [1.807, 2.05) is 30.3 Å². The van der Waals surface area contributed by atoms with Gasteiger partial charge in [-0.2, -0.15) is 0 Å². The van der Waals surface area contributed by atoms with Crippen molar-refractivity contribution in [2.24, 2.45) is 0 Å². The molecule has 12 heteroatoms. The van der Waals surface area contributed by atoms with Gasteiger partial charge in [0.05, 0.1) is 36.6 Å². The molecule has 0 bridgehead atoms. The molecule has 37 heavy (non-hydrogen) atoms. The number of amides is 3. The number of carbonyl (C=O) groups is 4. The Balaban J connectivity index is 1.69. The van der Waals surface area contributed by atoms with Gasteiger partial charge in [-0.05, 0) is 25.8 Å². The Morgan fingerprint density at radius 1 is 0.973 bits per heavy atom. The maximum absolute atomic E-state index is 13.2. The molecule has 4 unspecified atom stereocenters. The summed E-state index contributed by atoms with van der Waals surface area (Å²) in [6.07, 6.45) is 0.897. The zero-order chi connectivity index (χ0) is 26.9. The molecule has 5 atom stereocenters. The van der Waals surface area contributed by atoms with Crippen LogP contribution in [0.4, 0.5) is 0 Å². The molecule has 1 aromatic heterocycles. The van der Waals surface area contributed by atoms with Crippen LogP contribution in [0, 0.1) is 6.92 Å². The van der Waals surface area contributed by atoms with Gasteiger partial charge >= 0.3 is 0 Å². The number of hydrogen-bond donors (Lipinski definition) is 3. The van der Waals surface area contributed by atoms with Crippen LogP contribution in [0.15, 0.2) is 36.5 Å². The summed E-state index contributed by atoms with van der Waals surface area (Å²) in [4.78, 5) is 56.2. The minimum atomic E-state index is -1.12. The third-order valence-corrected chi connectivity index (χ3v) is 6.61. The number of epoxide rings is 1. The van der Waals surface area contributed by atoms with Crippen molar-refractivity contribution in [2.75, 3.05) is 27.4 Å². The van der Waals surface area contributed by atoms with Crippen LogP contribution in [0.2, 0.25) is 0 Å². The van der Waals surface area contributed by atoms with E-state index in [-0.39, 0.29) is 31.5 Å². The summed E-state index contributed by atoms with van der Waals surface area (Å²) >= 11 is 1.19. The quantitative estimate of drug-likeness (QED) is 0.296. The van der Waals surface area contributed by atoms with E-state index in [1.54, 1.807) is 13.8 Å². The molecule has 1 aliphatic heterocycles. The number of aryl methyl sites for hydroxylation is 1. The maximum Gasteiger partial charge on any atom is 0.263 e. The summed E-state index contributed by atoms with van der Waals surface area (Å²) in [5.41, 5.74) is 0.864. The highest BCUT2D eigenvalue weighted by Crippen LogP contribution is 2.24. The van der Waals surface area contributed by atoms with Crippen molar-refractivity contribution in [3.8, 4) is 0 Å². The summed E-state index contributed by atoms with van der Waals surface area (Å²) in [6, 6.07) is 6.23. The standard InChI is InChI=1S/C25H32N4O7S/c1-14-22(36-14)21(30)17(10-16-8-6-5-7-9-16)27-23(31)18(12-34-3)28-24(32)19(13-35-4)29-25(33)20-11-26-15(2)37-20/h5-9,11,14,17-19,22H,10,12-13H2,1-4H3,(H,27,31)(H,28,32)(H,29,33)/t14-,17?,18?,19?,22?/m1/s1. The molecule has 1 aromatic carbocycles. The number of thiazole rings is 1. The predicted molar refractivity (Wildman–Crippen MR) is 135 cm³/mol. The first kappa shape index (κ1) is 28.4. The van der Waals surface area contributed by atoms with Crippen LogP contribution in [0.5, 0.6) is 0 Å². The van der Waals surface area contributed by atoms with Gasteiger partial charge in [-0.25, -0.2) is 4.98 Å². The van der Waals surface area contributed by atoms with Crippen LogP contribution in [0.25, 0.3) is 0 Å². The molecule has 3 rings (SSSR count). The summed E-state index contributed by atoms with van der Waals surface area (Å²) in [5, 5.41) is 8.66. The number of methoxy groups -OCH3 is 2. The Hall–Kier alpha value is -3.19. The first-order valence-electron chi connectivity index (χ1n) is 11.8. The maximum atomic E-state index is 13.2. The van der Waals surface area contributed by atoms with Gasteiger partial charge in [0.1, 0.15) is 23.1 Å². The van der Waals surface area contributed by atoms with Crippen molar-refractivity contribution in [2.45, 2.75) is 50.6 Å². The molecule has 1 aliphatic rings. The van der Waals surface area contributed by atoms with Crippen LogP contribution in [-0.2, 0) is 35.0 Å². The molecule has 1 fully saturated rings. The van der Waals surface area contributed by atoms with Gasteiger partial charge < -0.3 is 30.2 Å². The Labute approximate surface area is 219 Å². The first-order chi connectivity index (χ1) is 17.7. The summed E-state index contributed by atoms with van der Waals surface area (Å²) in [5.74, 6) is -1.96. The van der Waals surface area contributed by atoms with E-state index in [9.17, 15) is 19.2 Å². The van der Waals surface area contributed by atoms with Crippen LogP contribution in [-0.4, -0.2) is 86.3 Å². The number of Topliss-reactive ketones (excluding diaryl/α,β-unsaturated/α-hetero) is 1. The lowest BCUT2D eigenvalue weighted by atomic mass is 9.99. The number of aromatic nitrogens is 1. The number of ketones is 1. The predicted octanol–water partition coefficient (Wildman–Crippen LogP) is 0.411. The molecule has 0 spiro atoms. The van der Waals surface area contributed by atoms with Gasteiger partial charge in [-0.3, -0.25) is 19.2 Å². The Morgan fingerprint density at radius 2 is 1.54 bits per heavy atom. The smallest absolute Gasteiger partial charge is 0.263 e. The Bertz CT molecular complexity index is 1090. The normalized spacial score (nSPS) is 18.8. The van der Waals surface area contributed by atoms with Crippen LogP contribution in [0.3, 0.4) is 0 Å². The molecular weight excluding hydrogens is 500 g/mol. The molecule has 0 aliphatic carbocycles. The monoisotopic (exact) mass is 532 g/mol. The summed E-state index contributed by atoms with van der Waals surface area (Å²) in [6.45, 7) is 3.28. The Morgan fingerprint density at radius 3 is 2.05 bits per heavy atom. The van der Waals surface area contributed by atoms with Crippen molar-refractivity contribution >= 4 is 34.8 Å². The molecule has 0 saturated carbocycles. The molecule has 1 saturated heterocycles. The number of benzene rings is 1. The number of nitrogens with one attached hydrogen (secondary N) is 3. The number of ether oxygens (including phenoxy) is 3. The molecule has 2 heterocycles. The Kier molecular flexibility index (Phi) is 10.3. The molecule has 3 amide bonds. The molecular formula is C25H32N4O7S. The van der Waals surface area contributed by atoms with E-state index < -0.39 is 42.0 Å². The molecule has 2 aromatic rings. The largest absolute Gasteiger partial charge is 0.382 e. The zero-order valence-electron chi connectivity index (χ0n) is 21.2. The van der Waals surface area contributed by atoms with E-state index >= 15 is 0 Å². The van der Waals surface area contributed by atoms with Gasteiger partial charge in [-0.1, -0.05) is 30.3 Å². The highest BCUT2D eigenvalue weighted by molar-refractivity contribution is 7.13. The van der Waals surface area contributed by atoms with Crippen LogP contribution < -0.4 is 16.0 Å². The summed E-state index contributed by atoms with van der Waals surface area (Å²) in [7, 11) is 2.78. The second-order valence-corrected chi connectivity index (χ2v) is 9.89. The summed E-state index contributed by atoms with van der Waals surface area (Å²) < 4.78 is 15.6. The molecule has 11 nitrogen and oxygen atoms in total. The number of hydrogen-bond acceptors (Lipinski definition) is 9. The minimum absolute atomic E-state index is 0.122. The van der Waals surface area contributed by atoms with Crippen LogP contribution in [0.1, 0.15) is 27.2 Å². The van der Waals surface area contributed by atoms with Gasteiger partial charge in [0.25, 0.3) is 5.91 Å². The number of nitrogens with zero attached hydrogens (tertiary/aromatic N) is 1. The fourth-order valence-electron chi connectivity index (χ4n) is 3.69. The third-order valence-electron chi connectivity index (χ3n) is 5.70. The highest BCUT2D eigenvalue weighted by atomic mass is 32.1. The molecule has 0 radical (unpaired) electrons. The fraction of sp³-hybridized carbons (Fsp3) is 0.480. The molecule has 3 N–H and O–H groups in total. The lowest BCUT2D eigenvalue weighted by Gasteiger charge is -2.24. The first-order valence-corrected chi connectivity index (χ1v) is 12.6. The zero-order valence-corrected chi connectivity index (χ0v) is 22.0.